The smallest absolute Gasteiger partial charge is 0.194 e. The standard InChI is InChI=1S/C16H24N6O/c1-6-8-17-16(18-10-15-20-19-13(3)22(15)5)21(4)11-14-7-9-23-12(14)2/h6-7,9H,1,8,10-11H2,2-5H3,(H,17,18). The molecule has 0 aliphatic carbocycles. The summed E-state index contributed by atoms with van der Waals surface area (Å²) in [5.41, 5.74) is 1.13. The number of hydrogen-bond acceptors (Lipinski definition) is 4. The van der Waals surface area contributed by atoms with Crippen LogP contribution in [0.25, 0.3) is 0 Å². The number of rotatable bonds is 6. The molecule has 0 amide bonds. The van der Waals surface area contributed by atoms with Crippen LogP contribution < -0.4 is 5.32 Å². The number of furan rings is 1. The summed E-state index contributed by atoms with van der Waals surface area (Å²) in [5.74, 6) is 3.40. The zero-order chi connectivity index (χ0) is 16.8. The maximum atomic E-state index is 5.35. The van der Waals surface area contributed by atoms with Crippen LogP contribution in [0.1, 0.15) is 23.0 Å². The molecule has 2 aromatic rings. The molecule has 0 aromatic carbocycles. The van der Waals surface area contributed by atoms with Crippen LogP contribution in [0, 0.1) is 13.8 Å². The average Bonchev–Trinajstić information content (AvgIpc) is 3.07. The van der Waals surface area contributed by atoms with Crippen molar-refractivity contribution in [2.45, 2.75) is 26.9 Å². The molecule has 0 atom stereocenters. The van der Waals surface area contributed by atoms with Gasteiger partial charge in [-0.25, -0.2) is 4.99 Å². The first-order chi connectivity index (χ1) is 11.0. The molecule has 0 spiro atoms. The lowest BCUT2D eigenvalue weighted by Crippen LogP contribution is -2.38. The minimum Gasteiger partial charge on any atom is -0.469 e. The van der Waals surface area contributed by atoms with Crippen molar-refractivity contribution in [1.82, 2.24) is 25.0 Å². The van der Waals surface area contributed by atoms with E-state index in [0.29, 0.717) is 19.6 Å². The highest BCUT2D eigenvalue weighted by molar-refractivity contribution is 5.79. The molecule has 2 aromatic heterocycles. The van der Waals surface area contributed by atoms with Gasteiger partial charge in [-0.15, -0.1) is 16.8 Å². The van der Waals surface area contributed by atoms with E-state index in [1.165, 1.54) is 0 Å². The fourth-order valence-electron chi connectivity index (χ4n) is 2.12. The maximum Gasteiger partial charge on any atom is 0.194 e. The molecule has 0 saturated heterocycles. The molecule has 0 saturated carbocycles. The minimum atomic E-state index is 0.464. The molecule has 23 heavy (non-hydrogen) atoms. The number of guanidine groups is 1. The van der Waals surface area contributed by atoms with E-state index in [2.05, 4.69) is 27.1 Å². The summed E-state index contributed by atoms with van der Waals surface area (Å²) >= 11 is 0. The molecule has 7 nitrogen and oxygen atoms in total. The van der Waals surface area contributed by atoms with Gasteiger partial charge in [0.15, 0.2) is 11.8 Å². The summed E-state index contributed by atoms with van der Waals surface area (Å²) < 4.78 is 7.29. The van der Waals surface area contributed by atoms with Gasteiger partial charge in [0.25, 0.3) is 0 Å². The molecule has 124 valence electrons. The molecule has 7 heteroatoms. The Kier molecular flexibility index (Phi) is 5.56. The number of aromatic nitrogens is 3. The molecular weight excluding hydrogens is 292 g/mol. The normalized spacial score (nSPS) is 11.6. The van der Waals surface area contributed by atoms with Crippen LogP contribution in [-0.2, 0) is 20.1 Å². The van der Waals surface area contributed by atoms with E-state index in [-0.39, 0.29) is 0 Å². The topological polar surface area (TPSA) is 71.5 Å². The van der Waals surface area contributed by atoms with Crippen LogP contribution in [0.3, 0.4) is 0 Å². The lowest BCUT2D eigenvalue weighted by Gasteiger charge is -2.21. The maximum absolute atomic E-state index is 5.35. The van der Waals surface area contributed by atoms with Gasteiger partial charge in [0.1, 0.15) is 18.1 Å². The van der Waals surface area contributed by atoms with E-state index in [1.54, 1.807) is 12.3 Å². The summed E-state index contributed by atoms with van der Waals surface area (Å²) in [4.78, 5) is 6.69. The van der Waals surface area contributed by atoms with Crippen molar-refractivity contribution in [3.63, 3.8) is 0 Å². The Balaban J connectivity index is 2.11. The lowest BCUT2D eigenvalue weighted by molar-refractivity contribution is 0.464. The van der Waals surface area contributed by atoms with Gasteiger partial charge in [0, 0.05) is 32.7 Å². The van der Waals surface area contributed by atoms with Crippen LogP contribution in [-0.4, -0.2) is 39.2 Å². The van der Waals surface area contributed by atoms with Crippen molar-refractivity contribution < 1.29 is 4.42 Å². The second kappa shape index (κ2) is 7.62. The van der Waals surface area contributed by atoms with Gasteiger partial charge >= 0.3 is 0 Å². The van der Waals surface area contributed by atoms with Crippen molar-refractivity contribution in [2.75, 3.05) is 13.6 Å². The average molecular weight is 316 g/mol. The van der Waals surface area contributed by atoms with E-state index in [4.69, 9.17) is 4.42 Å². The third kappa shape index (κ3) is 4.21. The first kappa shape index (κ1) is 16.8. The summed E-state index contributed by atoms with van der Waals surface area (Å²) in [6.45, 7) is 9.44. The zero-order valence-electron chi connectivity index (χ0n) is 14.2. The Morgan fingerprint density at radius 2 is 2.26 bits per heavy atom. The van der Waals surface area contributed by atoms with Crippen LogP contribution in [0.4, 0.5) is 0 Å². The summed E-state index contributed by atoms with van der Waals surface area (Å²) in [5, 5.41) is 11.5. The Morgan fingerprint density at radius 3 is 2.83 bits per heavy atom. The van der Waals surface area contributed by atoms with Gasteiger partial charge in [-0.2, -0.15) is 0 Å². The predicted molar refractivity (Wildman–Crippen MR) is 90.0 cm³/mol. The SMILES string of the molecule is C=CCNC(=NCc1nnc(C)n1C)N(C)Cc1ccoc1C. The molecule has 0 bridgehead atoms. The quantitative estimate of drug-likeness (QED) is 0.500. The number of hydrogen-bond donors (Lipinski definition) is 1. The van der Waals surface area contributed by atoms with E-state index in [1.807, 2.05) is 43.5 Å². The first-order valence-corrected chi connectivity index (χ1v) is 7.51. The van der Waals surface area contributed by atoms with Crippen LogP contribution in [0.5, 0.6) is 0 Å². The van der Waals surface area contributed by atoms with Crippen LogP contribution in [0.15, 0.2) is 34.4 Å². The van der Waals surface area contributed by atoms with Crippen molar-refractivity contribution in [2.24, 2.45) is 12.0 Å². The summed E-state index contributed by atoms with van der Waals surface area (Å²) in [7, 11) is 3.93. The van der Waals surface area contributed by atoms with Crippen molar-refractivity contribution in [3.8, 4) is 0 Å². The van der Waals surface area contributed by atoms with E-state index >= 15 is 0 Å². The fourth-order valence-corrected chi connectivity index (χ4v) is 2.12. The van der Waals surface area contributed by atoms with Crippen LogP contribution >= 0.6 is 0 Å². The van der Waals surface area contributed by atoms with Gasteiger partial charge in [0.05, 0.1) is 6.26 Å². The first-order valence-electron chi connectivity index (χ1n) is 7.51. The Hall–Kier alpha value is -2.57. The fraction of sp³-hybridized carbons (Fsp3) is 0.438. The second-order valence-corrected chi connectivity index (χ2v) is 5.39. The number of aliphatic imine (C=N–C) groups is 1. The van der Waals surface area contributed by atoms with Gasteiger partial charge in [-0.1, -0.05) is 6.08 Å². The highest BCUT2D eigenvalue weighted by Gasteiger charge is 2.11. The number of aryl methyl sites for hydroxylation is 2. The van der Waals surface area contributed by atoms with Crippen LogP contribution in [0.2, 0.25) is 0 Å². The van der Waals surface area contributed by atoms with E-state index in [9.17, 15) is 0 Å². The molecule has 0 fully saturated rings. The highest BCUT2D eigenvalue weighted by atomic mass is 16.3. The monoisotopic (exact) mass is 316 g/mol. The summed E-state index contributed by atoms with van der Waals surface area (Å²) in [6.07, 6.45) is 3.51. The van der Waals surface area contributed by atoms with Gasteiger partial charge in [-0.3, -0.25) is 0 Å². The predicted octanol–water partition coefficient (Wildman–Crippen LogP) is 1.79. The largest absolute Gasteiger partial charge is 0.469 e. The third-order valence-corrected chi connectivity index (χ3v) is 3.69. The van der Waals surface area contributed by atoms with Crippen molar-refractivity contribution >= 4 is 5.96 Å². The third-order valence-electron chi connectivity index (χ3n) is 3.69. The Bertz CT molecular complexity index is 685. The molecule has 0 radical (unpaired) electrons. The van der Waals surface area contributed by atoms with Gasteiger partial charge < -0.3 is 19.2 Å². The van der Waals surface area contributed by atoms with Crippen molar-refractivity contribution in [1.29, 1.82) is 0 Å². The van der Waals surface area contributed by atoms with Gasteiger partial charge in [-0.05, 0) is 19.9 Å². The van der Waals surface area contributed by atoms with E-state index in [0.717, 1.165) is 28.9 Å². The number of nitrogens with zero attached hydrogens (tertiary/aromatic N) is 5. The molecule has 2 heterocycles. The lowest BCUT2D eigenvalue weighted by atomic mass is 10.2. The molecule has 1 N–H and O–H groups in total. The Labute approximate surface area is 136 Å². The highest BCUT2D eigenvalue weighted by Crippen LogP contribution is 2.11. The van der Waals surface area contributed by atoms with Crippen molar-refractivity contribution in [3.05, 3.63) is 48.0 Å². The zero-order valence-corrected chi connectivity index (χ0v) is 14.2. The Morgan fingerprint density at radius 1 is 1.48 bits per heavy atom. The second-order valence-electron chi connectivity index (χ2n) is 5.39. The molecular formula is C16H24N6O. The number of nitrogens with one attached hydrogen (secondary N) is 1. The molecule has 0 aliphatic heterocycles. The minimum absolute atomic E-state index is 0.464. The van der Waals surface area contributed by atoms with Gasteiger partial charge in [0.2, 0.25) is 0 Å². The molecule has 0 unspecified atom stereocenters. The molecule has 0 aliphatic rings. The summed E-state index contributed by atoms with van der Waals surface area (Å²) in [6, 6.07) is 1.98. The van der Waals surface area contributed by atoms with E-state index < -0.39 is 0 Å². The molecule has 2 rings (SSSR count).